The molecule has 1 amide bonds. The van der Waals surface area contributed by atoms with Gasteiger partial charge in [0.2, 0.25) is 5.91 Å². The van der Waals surface area contributed by atoms with Crippen molar-refractivity contribution in [3.63, 3.8) is 0 Å². The van der Waals surface area contributed by atoms with Crippen LogP contribution in [-0.2, 0) is 11.2 Å². The summed E-state index contributed by atoms with van der Waals surface area (Å²) in [7, 11) is 3.21. The molecule has 26 heavy (non-hydrogen) atoms. The van der Waals surface area contributed by atoms with Gasteiger partial charge in [0, 0.05) is 30.9 Å². The molecule has 0 saturated heterocycles. The van der Waals surface area contributed by atoms with Gasteiger partial charge in [-0.2, -0.15) is 0 Å². The van der Waals surface area contributed by atoms with Crippen LogP contribution in [0.1, 0.15) is 25.8 Å². The van der Waals surface area contributed by atoms with Crippen LogP contribution in [0.3, 0.4) is 0 Å². The Morgan fingerprint density at radius 1 is 0.962 bits per heavy atom. The number of carbonyl (C=O) groups excluding carboxylic acids is 1. The van der Waals surface area contributed by atoms with Crippen molar-refractivity contribution in [3.05, 3.63) is 48.0 Å². The Morgan fingerprint density at radius 2 is 1.62 bits per heavy atom. The van der Waals surface area contributed by atoms with E-state index in [0.29, 0.717) is 24.3 Å². The number of rotatable bonds is 9. The van der Waals surface area contributed by atoms with E-state index >= 15 is 0 Å². The van der Waals surface area contributed by atoms with Gasteiger partial charge < -0.3 is 19.7 Å². The molecule has 1 N–H and O–H groups in total. The quantitative estimate of drug-likeness (QED) is 0.734. The molecule has 0 spiro atoms. The summed E-state index contributed by atoms with van der Waals surface area (Å²) in [6, 6.07) is 13.7. The standard InChI is InChI=1S/C21H28N2O3/c1-5-23(6-2)18-11-9-17(10-12-18)22-21(24)14-8-16-7-13-19(25-3)20(15-16)26-4/h7,9-13,15H,5-6,8,14H2,1-4H3,(H,22,24). The summed E-state index contributed by atoms with van der Waals surface area (Å²) >= 11 is 0. The first-order valence-electron chi connectivity index (χ1n) is 8.97. The molecule has 0 radical (unpaired) electrons. The van der Waals surface area contributed by atoms with Crippen LogP contribution < -0.4 is 19.7 Å². The molecular weight excluding hydrogens is 328 g/mol. The van der Waals surface area contributed by atoms with Gasteiger partial charge in [-0.15, -0.1) is 0 Å². The summed E-state index contributed by atoms with van der Waals surface area (Å²) in [5.74, 6) is 1.36. The van der Waals surface area contributed by atoms with Crippen molar-refractivity contribution in [1.29, 1.82) is 0 Å². The average molecular weight is 356 g/mol. The molecule has 0 unspecified atom stereocenters. The number of benzene rings is 2. The summed E-state index contributed by atoms with van der Waals surface area (Å²) in [6.07, 6.45) is 1.05. The fraction of sp³-hybridized carbons (Fsp3) is 0.381. The normalized spacial score (nSPS) is 10.3. The summed E-state index contributed by atoms with van der Waals surface area (Å²) in [6.45, 7) is 6.20. The summed E-state index contributed by atoms with van der Waals surface area (Å²) in [4.78, 5) is 14.5. The number of carbonyl (C=O) groups is 1. The lowest BCUT2D eigenvalue weighted by molar-refractivity contribution is -0.116. The van der Waals surface area contributed by atoms with Crippen molar-refractivity contribution in [1.82, 2.24) is 0 Å². The van der Waals surface area contributed by atoms with Crippen LogP contribution in [0.15, 0.2) is 42.5 Å². The molecular formula is C21H28N2O3. The maximum Gasteiger partial charge on any atom is 0.224 e. The summed E-state index contributed by atoms with van der Waals surface area (Å²) < 4.78 is 10.5. The molecule has 0 aliphatic heterocycles. The molecule has 0 aliphatic rings. The third-order valence-corrected chi connectivity index (χ3v) is 4.37. The fourth-order valence-corrected chi connectivity index (χ4v) is 2.86. The number of aryl methyl sites for hydroxylation is 1. The fourth-order valence-electron chi connectivity index (χ4n) is 2.86. The average Bonchev–Trinajstić information content (AvgIpc) is 2.68. The Bertz CT molecular complexity index is 710. The van der Waals surface area contributed by atoms with E-state index in [4.69, 9.17) is 9.47 Å². The Balaban J connectivity index is 1.91. The van der Waals surface area contributed by atoms with Crippen LogP contribution in [0.4, 0.5) is 11.4 Å². The minimum atomic E-state index is -0.00428. The molecule has 2 rings (SSSR count). The zero-order valence-electron chi connectivity index (χ0n) is 16.0. The van der Waals surface area contributed by atoms with Crippen LogP contribution in [0, 0.1) is 0 Å². The van der Waals surface area contributed by atoms with Crippen LogP contribution >= 0.6 is 0 Å². The van der Waals surface area contributed by atoms with Crippen molar-refractivity contribution in [3.8, 4) is 11.5 Å². The number of amides is 1. The van der Waals surface area contributed by atoms with Crippen molar-refractivity contribution >= 4 is 17.3 Å². The molecule has 0 bridgehead atoms. The molecule has 0 fully saturated rings. The van der Waals surface area contributed by atoms with Crippen molar-refractivity contribution in [2.24, 2.45) is 0 Å². The van der Waals surface area contributed by atoms with E-state index < -0.39 is 0 Å². The largest absolute Gasteiger partial charge is 0.493 e. The Hall–Kier alpha value is -2.69. The van der Waals surface area contributed by atoms with Gasteiger partial charge in [0.05, 0.1) is 14.2 Å². The molecule has 0 heterocycles. The second-order valence-corrected chi connectivity index (χ2v) is 5.96. The Kier molecular flexibility index (Phi) is 7.33. The second-order valence-electron chi connectivity index (χ2n) is 5.96. The lowest BCUT2D eigenvalue weighted by atomic mass is 10.1. The lowest BCUT2D eigenvalue weighted by Gasteiger charge is -2.21. The van der Waals surface area contributed by atoms with E-state index in [1.54, 1.807) is 14.2 Å². The number of ether oxygens (including phenoxy) is 2. The molecule has 0 aliphatic carbocycles. The van der Waals surface area contributed by atoms with E-state index in [0.717, 1.165) is 24.3 Å². The van der Waals surface area contributed by atoms with Crippen molar-refractivity contribution < 1.29 is 14.3 Å². The van der Waals surface area contributed by atoms with Crippen LogP contribution in [0.25, 0.3) is 0 Å². The predicted octanol–water partition coefficient (Wildman–Crippen LogP) is 4.12. The van der Waals surface area contributed by atoms with Gasteiger partial charge in [0.25, 0.3) is 0 Å². The van der Waals surface area contributed by atoms with Gasteiger partial charge >= 0.3 is 0 Å². The minimum Gasteiger partial charge on any atom is -0.493 e. The first-order valence-corrected chi connectivity index (χ1v) is 8.97. The zero-order chi connectivity index (χ0) is 18.9. The van der Waals surface area contributed by atoms with Crippen LogP contribution in [-0.4, -0.2) is 33.2 Å². The SMILES string of the molecule is CCN(CC)c1ccc(NC(=O)CCc2ccc(OC)c(OC)c2)cc1. The third kappa shape index (κ3) is 5.15. The Morgan fingerprint density at radius 3 is 2.19 bits per heavy atom. The lowest BCUT2D eigenvalue weighted by Crippen LogP contribution is -2.21. The third-order valence-electron chi connectivity index (χ3n) is 4.37. The molecule has 0 atom stereocenters. The predicted molar refractivity (Wildman–Crippen MR) is 106 cm³/mol. The number of nitrogens with zero attached hydrogens (tertiary/aromatic N) is 1. The summed E-state index contributed by atoms with van der Waals surface area (Å²) in [5.41, 5.74) is 3.02. The van der Waals surface area contributed by atoms with E-state index in [1.807, 2.05) is 42.5 Å². The first kappa shape index (κ1) is 19.6. The van der Waals surface area contributed by atoms with Crippen LogP contribution in [0.5, 0.6) is 11.5 Å². The van der Waals surface area contributed by atoms with Gasteiger partial charge in [-0.25, -0.2) is 0 Å². The molecule has 5 heteroatoms. The van der Waals surface area contributed by atoms with Gasteiger partial charge in [-0.3, -0.25) is 4.79 Å². The Labute approximate surface area is 155 Å². The molecule has 5 nitrogen and oxygen atoms in total. The second kappa shape index (κ2) is 9.70. The molecule has 2 aromatic rings. The monoisotopic (exact) mass is 356 g/mol. The number of hydrogen-bond donors (Lipinski definition) is 1. The number of nitrogens with one attached hydrogen (secondary N) is 1. The van der Waals surface area contributed by atoms with Gasteiger partial charge in [-0.05, 0) is 62.2 Å². The number of methoxy groups -OCH3 is 2. The maximum atomic E-state index is 12.2. The highest BCUT2D eigenvalue weighted by Gasteiger charge is 2.08. The van der Waals surface area contributed by atoms with E-state index in [-0.39, 0.29) is 5.91 Å². The highest BCUT2D eigenvalue weighted by atomic mass is 16.5. The highest BCUT2D eigenvalue weighted by molar-refractivity contribution is 5.91. The topological polar surface area (TPSA) is 50.8 Å². The van der Waals surface area contributed by atoms with Crippen molar-refractivity contribution in [2.45, 2.75) is 26.7 Å². The smallest absolute Gasteiger partial charge is 0.224 e. The molecule has 0 saturated carbocycles. The van der Waals surface area contributed by atoms with E-state index in [1.165, 1.54) is 5.69 Å². The van der Waals surface area contributed by atoms with Gasteiger partial charge in [0.1, 0.15) is 0 Å². The van der Waals surface area contributed by atoms with E-state index in [9.17, 15) is 4.79 Å². The molecule has 140 valence electrons. The summed E-state index contributed by atoms with van der Waals surface area (Å²) in [5, 5.41) is 2.95. The molecule has 0 aromatic heterocycles. The van der Waals surface area contributed by atoms with E-state index in [2.05, 4.69) is 24.1 Å². The van der Waals surface area contributed by atoms with Gasteiger partial charge in [-0.1, -0.05) is 6.07 Å². The van der Waals surface area contributed by atoms with Gasteiger partial charge in [0.15, 0.2) is 11.5 Å². The van der Waals surface area contributed by atoms with Crippen LogP contribution in [0.2, 0.25) is 0 Å². The van der Waals surface area contributed by atoms with Crippen molar-refractivity contribution in [2.75, 3.05) is 37.5 Å². The first-order chi connectivity index (χ1) is 12.6. The zero-order valence-corrected chi connectivity index (χ0v) is 16.0. The highest BCUT2D eigenvalue weighted by Crippen LogP contribution is 2.28. The minimum absolute atomic E-state index is 0.00428. The molecule has 2 aromatic carbocycles. The maximum absolute atomic E-state index is 12.2. The number of anilines is 2. The number of hydrogen-bond acceptors (Lipinski definition) is 4.